The van der Waals surface area contributed by atoms with Crippen LogP contribution in [0.15, 0.2) is 84.9 Å². The third-order valence-corrected chi connectivity index (χ3v) is 7.90. The van der Waals surface area contributed by atoms with Gasteiger partial charge in [-0.05, 0) is 67.0 Å². The second-order valence-corrected chi connectivity index (χ2v) is 12.3. The lowest BCUT2D eigenvalue weighted by molar-refractivity contribution is -0.146. The lowest BCUT2D eigenvalue weighted by Gasteiger charge is -2.34. The number of nitrogens with one attached hydrogen (secondary N) is 1. The van der Waals surface area contributed by atoms with Crippen molar-refractivity contribution < 1.29 is 14.4 Å². The van der Waals surface area contributed by atoms with Crippen LogP contribution in [0.1, 0.15) is 44.2 Å². The van der Waals surface area contributed by atoms with Gasteiger partial charge >= 0.3 is 0 Å². The number of nitrogens with two attached hydrogens (primary N) is 1. The number of hydrogen-bond donors (Lipinski definition) is 2. The second kappa shape index (κ2) is 13.8. The lowest BCUT2D eigenvalue weighted by atomic mass is 9.98. The van der Waals surface area contributed by atoms with Crippen molar-refractivity contribution in [2.75, 3.05) is 20.6 Å². The number of nitrogens with zero attached hydrogens (tertiary/aromatic N) is 2. The Labute approximate surface area is 249 Å². The minimum atomic E-state index is -0.811. The molecule has 2 atom stereocenters. The van der Waals surface area contributed by atoms with Gasteiger partial charge < -0.3 is 20.9 Å². The standard InChI is InChI=1S/C35H44N4O3/c1-35(2,36)20-10-15-32(40)38(3)31(23-27-18-19-28-13-8-9-14-29(28)21-27)34(42)39(4)30(22-25-11-6-5-7-12-25)33(41)37-24-26-16-17-26/h5-15,18-19,21,26,30-31H,16-17,20,22-24,36H2,1-4H3,(H,37,41)/b15-10+/t30-,31-/m1/s1. The Hall–Kier alpha value is -3.97. The number of fused-ring (bicyclic) bond motifs is 1. The number of benzene rings is 3. The molecule has 3 aromatic rings. The van der Waals surface area contributed by atoms with Crippen molar-refractivity contribution in [3.8, 4) is 0 Å². The molecule has 3 N–H and O–H groups in total. The third-order valence-electron chi connectivity index (χ3n) is 7.90. The Balaban J connectivity index is 1.62. The molecule has 0 radical (unpaired) electrons. The van der Waals surface area contributed by atoms with E-state index in [1.807, 2.05) is 80.6 Å². The van der Waals surface area contributed by atoms with Crippen LogP contribution in [0.4, 0.5) is 0 Å². The maximum atomic E-state index is 14.3. The van der Waals surface area contributed by atoms with Crippen molar-refractivity contribution in [1.82, 2.24) is 15.1 Å². The minimum Gasteiger partial charge on any atom is -0.354 e. The van der Waals surface area contributed by atoms with Crippen molar-refractivity contribution in [3.05, 3.63) is 96.1 Å². The number of amides is 3. The summed E-state index contributed by atoms with van der Waals surface area (Å²) in [6.07, 6.45) is 6.69. The predicted molar refractivity (Wildman–Crippen MR) is 169 cm³/mol. The van der Waals surface area contributed by atoms with E-state index in [2.05, 4.69) is 11.4 Å². The highest BCUT2D eigenvalue weighted by molar-refractivity contribution is 5.95. The van der Waals surface area contributed by atoms with E-state index in [0.29, 0.717) is 31.7 Å². The van der Waals surface area contributed by atoms with Crippen LogP contribution >= 0.6 is 0 Å². The highest BCUT2D eigenvalue weighted by atomic mass is 16.2. The van der Waals surface area contributed by atoms with Crippen molar-refractivity contribution in [1.29, 1.82) is 0 Å². The Morgan fingerprint density at radius 3 is 2.19 bits per heavy atom. The summed E-state index contributed by atoms with van der Waals surface area (Å²) in [5, 5.41) is 5.24. The summed E-state index contributed by atoms with van der Waals surface area (Å²) in [6, 6.07) is 22.3. The molecule has 7 nitrogen and oxygen atoms in total. The van der Waals surface area contributed by atoms with E-state index < -0.39 is 17.6 Å². The Morgan fingerprint density at radius 2 is 1.52 bits per heavy atom. The van der Waals surface area contributed by atoms with E-state index in [4.69, 9.17) is 5.73 Å². The summed E-state index contributed by atoms with van der Waals surface area (Å²) >= 11 is 0. The van der Waals surface area contributed by atoms with Gasteiger partial charge in [-0.25, -0.2) is 0 Å². The molecule has 4 rings (SSSR count). The first kappa shape index (κ1) is 31.0. The molecule has 0 heterocycles. The van der Waals surface area contributed by atoms with E-state index in [0.717, 1.165) is 34.7 Å². The third kappa shape index (κ3) is 8.76. The minimum absolute atomic E-state index is 0.176. The molecule has 0 aromatic heterocycles. The summed E-state index contributed by atoms with van der Waals surface area (Å²) in [6.45, 7) is 4.41. The van der Waals surface area contributed by atoms with E-state index in [-0.39, 0.29) is 17.7 Å². The molecule has 42 heavy (non-hydrogen) atoms. The largest absolute Gasteiger partial charge is 0.354 e. The molecule has 0 aliphatic heterocycles. The van der Waals surface area contributed by atoms with Gasteiger partial charge in [-0.1, -0.05) is 78.9 Å². The highest BCUT2D eigenvalue weighted by Crippen LogP contribution is 2.27. The predicted octanol–water partition coefficient (Wildman–Crippen LogP) is 4.49. The molecule has 7 heteroatoms. The zero-order chi connectivity index (χ0) is 30.3. The maximum absolute atomic E-state index is 14.3. The van der Waals surface area contributed by atoms with Gasteiger partial charge in [0.1, 0.15) is 12.1 Å². The summed E-state index contributed by atoms with van der Waals surface area (Å²) in [7, 11) is 3.32. The first-order chi connectivity index (χ1) is 20.0. The molecule has 222 valence electrons. The van der Waals surface area contributed by atoms with Crippen LogP contribution in [-0.4, -0.2) is 65.8 Å². The van der Waals surface area contributed by atoms with Gasteiger partial charge in [-0.15, -0.1) is 0 Å². The van der Waals surface area contributed by atoms with Crippen LogP contribution in [0, 0.1) is 5.92 Å². The van der Waals surface area contributed by atoms with Crippen LogP contribution in [-0.2, 0) is 27.2 Å². The highest BCUT2D eigenvalue weighted by Gasteiger charge is 2.35. The zero-order valence-corrected chi connectivity index (χ0v) is 25.3. The fourth-order valence-electron chi connectivity index (χ4n) is 5.03. The monoisotopic (exact) mass is 568 g/mol. The molecule has 1 saturated carbocycles. The van der Waals surface area contributed by atoms with Gasteiger partial charge in [0.15, 0.2) is 0 Å². The number of rotatable bonds is 13. The molecule has 0 spiro atoms. The first-order valence-electron chi connectivity index (χ1n) is 14.8. The Morgan fingerprint density at radius 1 is 0.881 bits per heavy atom. The van der Waals surface area contributed by atoms with Crippen molar-refractivity contribution in [2.24, 2.45) is 11.7 Å². The smallest absolute Gasteiger partial charge is 0.246 e. The van der Waals surface area contributed by atoms with E-state index in [1.54, 1.807) is 20.2 Å². The van der Waals surface area contributed by atoms with E-state index >= 15 is 0 Å². The van der Waals surface area contributed by atoms with Gasteiger partial charge in [0.05, 0.1) is 0 Å². The fourth-order valence-corrected chi connectivity index (χ4v) is 5.03. The quantitative estimate of drug-likeness (QED) is 0.297. The Bertz CT molecular complexity index is 1410. The molecular formula is C35H44N4O3. The van der Waals surface area contributed by atoms with E-state index in [1.165, 1.54) is 15.9 Å². The molecule has 3 aromatic carbocycles. The molecule has 1 aliphatic carbocycles. The summed E-state index contributed by atoms with van der Waals surface area (Å²) < 4.78 is 0. The van der Waals surface area contributed by atoms with Crippen LogP contribution in [0.2, 0.25) is 0 Å². The van der Waals surface area contributed by atoms with Crippen LogP contribution in [0.3, 0.4) is 0 Å². The van der Waals surface area contributed by atoms with Crippen molar-refractivity contribution >= 4 is 28.5 Å². The van der Waals surface area contributed by atoms with Crippen LogP contribution in [0.5, 0.6) is 0 Å². The Kier molecular flexibility index (Phi) is 10.2. The number of carbonyl (C=O) groups excluding carboxylic acids is 3. The average molecular weight is 569 g/mol. The molecule has 1 fully saturated rings. The van der Waals surface area contributed by atoms with Crippen LogP contribution in [0.25, 0.3) is 10.8 Å². The van der Waals surface area contributed by atoms with Gasteiger partial charge in [0.25, 0.3) is 0 Å². The molecule has 0 bridgehead atoms. The average Bonchev–Trinajstić information content (AvgIpc) is 3.81. The normalized spacial score (nSPS) is 14.9. The summed E-state index contributed by atoms with van der Waals surface area (Å²) in [4.78, 5) is 44.1. The molecule has 3 amide bonds. The first-order valence-corrected chi connectivity index (χ1v) is 14.8. The molecular weight excluding hydrogens is 524 g/mol. The fraction of sp³-hybridized carbons (Fsp3) is 0.400. The van der Waals surface area contributed by atoms with Gasteiger partial charge in [0.2, 0.25) is 17.7 Å². The van der Waals surface area contributed by atoms with Crippen molar-refractivity contribution in [2.45, 2.75) is 63.6 Å². The number of likely N-dealkylation sites (N-methyl/N-ethyl adjacent to an activating group) is 2. The maximum Gasteiger partial charge on any atom is 0.246 e. The number of carbonyl (C=O) groups is 3. The molecule has 0 unspecified atom stereocenters. The topological polar surface area (TPSA) is 95.7 Å². The number of hydrogen-bond acceptors (Lipinski definition) is 4. The van der Waals surface area contributed by atoms with Crippen molar-refractivity contribution in [3.63, 3.8) is 0 Å². The van der Waals surface area contributed by atoms with Gasteiger partial charge in [0, 0.05) is 39.0 Å². The SMILES string of the molecule is CN(C(=O)/C=C/CC(C)(C)N)[C@H](Cc1ccc2ccccc2c1)C(=O)N(C)[C@H](Cc1ccccc1)C(=O)NCC1CC1. The molecule has 0 saturated heterocycles. The van der Waals surface area contributed by atoms with E-state index in [9.17, 15) is 14.4 Å². The van der Waals surface area contributed by atoms with Gasteiger partial charge in [-0.3, -0.25) is 14.4 Å². The zero-order valence-electron chi connectivity index (χ0n) is 25.3. The second-order valence-electron chi connectivity index (χ2n) is 12.3. The van der Waals surface area contributed by atoms with Gasteiger partial charge in [-0.2, -0.15) is 0 Å². The van der Waals surface area contributed by atoms with Crippen LogP contribution < -0.4 is 11.1 Å². The lowest BCUT2D eigenvalue weighted by Crippen LogP contribution is -2.56. The summed E-state index contributed by atoms with van der Waals surface area (Å²) in [5.74, 6) is -0.231. The summed E-state index contributed by atoms with van der Waals surface area (Å²) in [5.41, 5.74) is 7.54. The molecule has 1 aliphatic rings.